The number of anilines is 1. The van der Waals surface area contributed by atoms with Crippen LogP contribution in [0.25, 0.3) is 0 Å². The van der Waals surface area contributed by atoms with Crippen LogP contribution in [0.1, 0.15) is 6.92 Å². The number of ether oxygens (including phenoxy) is 2. The van der Waals surface area contributed by atoms with E-state index in [9.17, 15) is 28.7 Å². The van der Waals surface area contributed by atoms with E-state index in [1.165, 1.54) is 29.3 Å². The first kappa shape index (κ1) is 27.7. The van der Waals surface area contributed by atoms with Crippen LogP contribution in [0.4, 0.5) is 5.69 Å². The van der Waals surface area contributed by atoms with Crippen molar-refractivity contribution >= 4 is 31.3 Å². The van der Waals surface area contributed by atoms with Crippen molar-refractivity contribution in [3.8, 4) is 5.75 Å². The van der Waals surface area contributed by atoms with Crippen LogP contribution in [-0.2, 0) is 28.4 Å². The molecule has 0 spiro atoms. The van der Waals surface area contributed by atoms with Crippen molar-refractivity contribution in [2.24, 2.45) is 22.2 Å². The maximum atomic E-state index is 13.2. The summed E-state index contributed by atoms with van der Waals surface area (Å²) in [5.41, 5.74) is 0.211. The van der Waals surface area contributed by atoms with Crippen molar-refractivity contribution in [2.45, 2.75) is 31.2 Å². The summed E-state index contributed by atoms with van der Waals surface area (Å²) >= 11 is 0. The molecule has 2 bridgehead atoms. The SMILES string of the molecule is CCOC(=O)CN1N=NC2C3OC(C4C(=O)N(c5ccc(OP(=O)([O-])[O-])cc5)C(=O)C34)C21.[Na+].[Na+]. The van der Waals surface area contributed by atoms with E-state index in [4.69, 9.17) is 9.47 Å². The van der Waals surface area contributed by atoms with Gasteiger partial charge in [0.2, 0.25) is 11.8 Å². The number of imide groups is 1. The molecule has 5 rings (SSSR count). The third-order valence-corrected chi connectivity index (χ3v) is 6.43. The predicted molar refractivity (Wildman–Crippen MR) is 98.6 cm³/mol. The zero-order chi connectivity index (χ0) is 22.8. The number of amides is 2. The molecule has 3 fully saturated rings. The first-order valence-corrected chi connectivity index (χ1v) is 11.3. The van der Waals surface area contributed by atoms with Crippen LogP contribution in [0.15, 0.2) is 34.6 Å². The maximum Gasteiger partial charge on any atom is 1.00 e. The molecule has 0 aliphatic carbocycles. The van der Waals surface area contributed by atoms with E-state index in [0.29, 0.717) is 0 Å². The van der Waals surface area contributed by atoms with Gasteiger partial charge in [-0.2, -0.15) is 5.11 Å². The van der Waals surface area contributed by atoms with Gasteiger partial charge in [0.15, 0.2) is 0 Å². The summed E-state index contributed by atoms with van der Waals surface area (Å²) in [5.74, 6) is -3.15. The van der Waals surface area contributed by atoms with Gasteiger partial charge in [-0.1, -0.05) is 5.22 Å². The summed E-state index contributed by atoms with van der Waals surface area (Å²) in [7, 11) is -5.23. The van der Waals surface area contributed by atoms with Crippen molar-refractivity contribution in [3.05, 3.63) is 24.3 Å². The van der Waals surface area contributed by atoms with Gasteiger partial charge in [-0.3, -0.25) is 19.4 Å². The van der Waals surface area contributed by atoms with Crippen molar-refractivity contribution < 1.29 is 102 Å². The van der Waals surface area contributed by atoms with Gasteiger partial charge >= 0.3 is 65.1 Å². The summed E-state index contributed by atoms with van der Waals surface area (Å²) in [5, 5.41) is 9.65. The zero-order valence-electron chi connectivity index (χ0n) is 18.6. The summed E-state index contributed by atoms with van der Waals surface area (Å²) in [4.78, 5) is 60.7. The molecule has 16 heteroatoms. The Balaban J connectivity index is 0.00000162. The molecule has 1 aromatic carbocycles. The fourth-order valence-corrected chi connectivity index (χ4v) is 5.29. The first-order chi connectivity index (χ1) is 15.2. The van der Waals surface area contributed by atoms with Gasteiger partial charge in [-0.05, 0) is 31.2 Å². The average molecular weight is 510 g/mol. The number of phosphoric acid groups is 1. The normalized spacial score (nSPS) is 30.6. The van der Waals surface area contributed by atoms with Crippen LogP contribution in [-0.4, -0.2) is 60.2 Å². The number of hydrogen-bond donors (Lipinski definition) is 0. The summed E-state index contributed by atoms with van der Waals surface area (Å²) < 4.78 is 25.9. The molecule has 0 radical (unpaired) electrons. The van der Waals surface area contributed by atoms with Crippen LogP contribution < -0.4 is 78.3 Å². The van der Waals surface area contributed by atoms with Gasteiger partial charge in [0.05, 0.1) is 36.3 Å². The number of esters is 1. The molecule has 13 nitrogen and oxygen atoms in total. The van der Waals surface area contributed by atoms with E-state index < -0.39 is 61.7 Å². The third kappa shape index (κ3) is 4.63. The number of nitrogens with zero attached hydrogens (tertiary/aromatic N) is 4. The molecular weight excluding hydrogens is 493 g/mol. The van der Waals surface area contributed by atoms with E-state index >= 15 is 0 Å². The quantitative estimate of drug-likeness (QED) is 0.155. The number of carbonyl (C=O) groups is 3. The summed E-state index contributed by atoms with van der Waals surface area (Å²) in [6.07, 6.45) is -1.32. The molecule has 1 aromatic rings. The number of benzene rings is 1. The number of rotatable bonds is 6. The van der Waals surface area contributed by atoms with Crippen LogP contribution >= 0.6 is 7.82 Å². The van der Waals surface area contributed by atoms with Gasteiger partial charge in [0.1, 0.15) is 32.2 Å². The van der Waals surface area contributed by atoms with E-state index in [0.717, 1.165) is 4.90 Å². The van der Waals surface area contributed by atoms with E-state index in [1.807, 2.05) is 0 Å². The molecular formula is C18H17N4Na2O9P. The van der Waals surface area contributed by atoms with Crippen LogP contribution in [0, 0.1) is 11.8 Å². The molecule has 4 aliphatic rings. The standard InChI is InChI=1S/C18H19N4O9P.2Na/c1-2-29-10(23)7-21-14-13(19-20-21)15-11-12(16(14)30-15)18(25)22(17(11)24)8-3-5-9(6-4-8)31-32(26,27)28;;/h3-6,11-16H,2,7H2,1H3,(H2,26,27,28);;/q;2*+1/p-2. The fourth-order valence-electron chi connectivity index (χ4n) is 4.91. The van der Waals surface area contributed by atoms with Crippen molar-refractivity contribution in [2.75, 3.05) is 18.1 Å². The molecule has 0 saturated carbocycles. The van der Waals surface area contributed by atoms with Crippen LogP contribution in [0.3, 0.4) is 0 Å². The minimum atomic E-state index is -5.23. The largest absolute Gasteiger partial charge is 1.00 e. The average Bonchev–Trinajstić information content (AvgIpc) is 3.43. The Kier molecular flexibility index (Phi) is 8.36. The van der Waals surface area contributed by atoms with Crippen LogP contribution in [0.2, 0.25) is 0 Å². The minimum Gasteiger partial charge on any atom is -0.780 e. The second-order valence-corrected chi connectivity index (χ2v) is 8.83. The van der Waals surface area contributed by atoms with Crippen molar-refractivity contribution in [1.29, 1.82) is 0 Å². The summed E-state index contributed by atoms with van der Waals surface area (Å²) in [6.45, 7) is 1.77. The molecule has 34 heavy (non-hydrogen) atoms. The molecule has 170 valence electrons. The molecule has 4 heterocycles. The van der Waals surface area contributed by atoms with E-state index in [1.54, 1.807) is 6.92 Å². The van der Waals surface area contributed by atoms with Gasteiger partial charge in [0, 0.05) is 0 Å². The Morgan fingerprint density at radius 2 is 1.74 bits per heavy atom. The Bertz CT molecular complexity index is 1070. The van der Waals surface area contributed by atoms with E-state index in [-0.39, 0.29) is 83.7 Å². The van der Waals surface area contributed by atoms with Crippen molar-refractivity contribution in [3.63, 3.8) is 0 Å². The predicted octanol–water partition coefficient (Wildman–Crippen LogP) is -7.23. The molecule has 0 N–H and O–H groups in total. The number of hydrogen-bond acceptors (Lipinski definition) is 12. The third-order valence-electron chi connectivity index (χ3n) is 6.00. The van der Waals surface area contributed by atoms with Crippen LogP contribution in [0.5, 0.6) is 5.75 Å². The molecule has 2 amide bonds. The zero-order valence-corrected chi connectivity index (χ0v) is 23.5. The maximum absolute atomic E-state index is 13.2. The monoisotopic (exact) mass is 510 g/mol. The number of carbonyl (C=O) groups excluding carboxylic acids is 3. The Morgan fingerprint density at radius 1 is 1.12 bits per heavy atom. The second-order valence-electron chi connectivity index (χ2n) is 7.75. The molecule has 4 aliphatic heterocycles. The molecule has 3 saturated heterocycles. The Morgan fingerprint density at radius 3 is 2.32 bits per heavy atom. The van der Waals surface area contributed by atoms with Crippen molar-refractivity contribution in [1.82, 2.24) is 5.01 Å². The topological polar surface area (TPSA) is 173 Å². The molecule has 0 aromatic heterocycles. The molecule has 6 unspecified atom stereocenters. The summed E-state index contributed by atoms with van der Waals surface area (Å²) in [6, 6.07) is 4.06. The van der Waals surface area contributed by atoms with Gasteiger partial charge in [0.25, 0.3) is 0 Å². The minimum absolute atomic E-state index is 0. The second kappa shape index (κ2) is 10.3. The Hall–Kier alpha value is -0.860. The van der Waals surface area contributed by atoms with Gasteiger partial charge < -0.3 is 28.3 Å². The Labute approximate surface area is 238 Å². The first-order valence-electron chi connectivity index (χ1n) is 9.87. The van der Waals surface area contributed by atoms with Gasteiger partial charge in [-0.15, -0.1) is 0 Å². The number of fused-ring (bicyclic) bond motifs is 8. The fraction of sp³-hybridized carbons (Fsp3) is 0.500. The smallest absolute Gasteiger partial charge is 0.780 e. The number of phosphoric ester groups is 1. The molecule has 6 atom stereocenters. The van der Waals surface area contributed by atoms with Gasteiger partial charge in [-0.25, -0.2) is 4.90 Å². The van der Waals surface area contributed by atoms with E-state index in [2.05, 4.69) is 14.9 Å².